The van der Waals surface area contributed by atoms with E-state index in [0.717, 1.165) is 5.56 Å². The molecule has 1 atom stereocenters. The Morgan fingerprint density at radius 2 is 1.57 bits per heavy atom. The van der Waals surface area contributed by atoms with Crippen LogP contribution in [0.2, 0.25) is 0 Å². The number of nitrogens with one attached hydrogen (secondary N) is 1. The molecule has 0 saturated carbocycles. The lowest BCUT2D eigenvalue weighted by Gasteiger charge is -2.19. The molecule has 0 bridgehead atoms. The Bertz CT molecular complexity index is 929. The maximum atomic E-state index is 12.2. The molecule has 2 rings (SSSR count). The van der Waals surface area contributed by atoms with Gasteiger partial charge in [0.15, 0.2) is 12.4 Å². The zero-order valence-electron chi connectivity index (χ0n) is 16.4. The molecule has 0 amide bonds. The molecule has 2 aromatic rings. The Kier molecular flexibility index (Phi) is 6.74. The van der Waals surface area contributed by atoms with Crippen molar-refractivity contribution < 1.29 is 22.7 Å². The molecule has 0 spiro atoms. The van der Waals surface area contributed by atoms with Gasteiger partial charge in [-0.05, 0) is 30.0 Å². The summed E-state index contributed by atoms with van der Waals surface area (Å²) in [4.78, 5) is 24.3. The summed E-state index contributed by atoms with van der Waals surface area (Å²) in [5, 5.41) is 0. The highest BCUT2D eigenvalue weighted by atomic mass is 32.2. The highest BCUT2D eigenvalue weighted by Crippen LogP contribution is 2.22. The first-order chi connectivity index (χ1) is 13.0. The van der Waals surface area contributed by atoms with Crippen molar-refractivity contribution in [3.63, 3.8) is 0 Å². The van der Waals surface area contributed by atoms with Crippen molar-refractivity contribution in [1.29, 1.82) is 0 Å². The maximum Gasteiger partial charge on any atom is 0.324 e. The summed E-state index contributed by atoms with van der Waals surface area (Å²) >= 11 is 0. The molecule has 0 heterocycles. The van der Waals surface area contributed by atoms with Crippen LogP contribution in [0.1, 0.15) is 43.6 Å². The molecule has 150 valence electrons. The Morgan fingerprint density at radius 1 is 1.00 bits per heavy atom. The molecule has 0 fully saturated rings. The minimum Gasteiger partial charge on any atom is -0.456 e. The number of ether oxygens (including phenoxy) is 1. The Morgan fingerprint density at radius 3 is 2.11 bits per heavy atom. The van der Waals surface area contributed by atoms with Crippen LogP contribution in [0.4, 0.5) is 0 Å². The van der Waals surface area contributed by atoms with Crippen molar-refractivity contribution in [2.24, 2.45) is 0 Å². The quantitative estimate of drug-likeness (QED) is 0.567. The predicted octanol–water partition coefficient (Wildman–Crippen LogP) is 3.08. The number of esters is 1. The SMILES string of the molecule is C[C@H](NS(=O)(=O)c1ccccc1)C(=O)OCC(=O)c1ccc(C(C)(C)C)cc1. The fourth-order valence-corrected chi connectivity index (χ4v) is 3.66. The van der Waals surface area contributed by atoms with Gasteiger partial charge in [0.05, 0.1) is 4.90 Å². The number of carbonyl (C=O) groups is 2. The van der Waals surface area contributed by atoms with Crippen molar-refractivity contribution in [3.8, 4) is 0 Å². The van der Waals surface area contributed by atoms with Crippen LogP contribution in [-0.4, -0.2) is 32.8 Å². The van der Waals surface area contributed by atoms with Gasteiger partial charge in [0.1, 0.15) is 6.04 Å². The van der Waals surface area contributed by atoms with E-state index < -0.39 is 28.6 Å². The van der Waals surface area contributed by atoms with Crippen LogP contribution >= 0.6 is 0 Å². The van der Waals surface area contributed by atoms with Crippen LogP contribution in [0.15, 0.2) is 59.5 Å². The van der Waals surface area contributed by atoms with Crippen molar-refractivity contribution in [2.75, 3.05) is 6.61 Å². The van der Waals surface area contributed by atoms with Gasteiger partial charge < -0.3 is 4.74 Å². The molecular formula is C21H25NO5S. The lowest BCUT2D eigenvalue weighted by atomic mass is 9.86. The first kappa shape index (κ1) is 21.8. The van der Waals surface area contributed by atoms with E-state index in [2.05, 4.69) is 25.5 Å². The fourth-order valence-electron chi connectivity index (χ4n) is 2.45. The Hall–Kier alpha value is -2.51. The summed E-state index contributed by atoms with van der Waals surface area (Å²) in [5.41, 5.74) is 1.49. The molecule has 28 heavy (non-hydrogen) atoms. The van der Waals surface area contributed by atoms with Crippen LogP contribution in [0.25, 0.3) is 0 Å². The van der Waals surface area contributed by atoms with Crippen LogP contribution < -0.4 is 4.72 Å². The number of Topliss-reactive ketones (excluding diaryl/α,β-unsaturated/α-hetero) is 1. The topological polar surface area (TPSA) is 89.5 Å². The molecule has 0 aliphatic rings. The second-order valence-electron chi connectivity index (χ2n) is 7.51. The van der Waals surface area contributed by atoms with Crippen LogP contribution in [0.5, 0.6) is 0 Å². The number of benzene rings is 2. The molecule has 1 N–H and O–H groups in total. The zero-order chi connectivity index (χ0) is 20.9. The molecule has 0 aliphatic carbocycles. The van der Waals surface area contributed by atoms with E-state index in [4.69, 9.17) is 4.74 Å². The van der Waals surface area contributed by atoms with Gasteiger partial charge in [-0.25, -0.2) is 8.42 Å². The minimum absolute atomic E-state index is 0.0284. The molecule has 6 nitrogen and oxygen atoms in total. The summed E-state index contributed by atoms with van der Waals surface area (Å²) in [5.74, 6) is -1.17. The van der Waals surface area contributed by atoms with Crippen molar-refractivity contribution in [3.05, 3.63) is 65.7 Å². The lowest BCUT2D eigenvalue weighted by molar-refractivity contribution is -0.144. The maximum absolute atomic E-state index is 12.2. The van der Waals surface area contributed by atoms with Crippen molar-refractivity contribution >= 4 is 21.8 Å². The molecule has 7 heteroatoms. The van der Waals surface area contributed by atoms with Gasteiger partial charge in [-0.3, -0.25) is 9.59 Å². The molecule has 0 aromatic heterocycles. The van der Waals surface area contributed by atoms with Crippen molar-refractivity contribution in [2.45, 2.75) is 44.0 Å². The van der Waals surface area contributed by atoms with E-state index in [1.165, 1.54) is 19.1 Å². The summed E-state index contributed by atoms with van der Waals surface area (Å²) in [6, 6.07) is 13.7. The van der Waals surface area contributed by atoms with Crippen LogP contribution in [-0.2, 0) is 25.0 Å². The summed E-state index contributed by atoms with van der Waals surface area (Å²) in [6.45, 7) is 7.13. The molecule has 0 saturated heterocycles. The standard InChI is InChI=1S/C21H25NO5S/c1-15(22-28(25,26)18-8-6-5-7-9-18)20(24)27-14-19(23)16-10-12-17(13-11-16)21(2,3)4/h5-13,15,22H,14H2,1-4H3/t15-/m0/s1. The molecule has 0 unspecified atom stereocenters. The van der Waals surface area contributed by atoms with Crippen LogP contribution in [0.3, 0.4) is 0 Å². The molecule has 0 aliphatic heterocycles. The monoisotopic (exact) mass is 403 g/mol. The van der Waals surface area contributed by atoms with Gasteiger partial charge in [-0.2, -0.15) is 4.72 Å². The second-order valence-corrected chi connectivity index (χ2v) is 9.23. The molecule has 2 aromatic carbocycles. The first-order valence-corrected chi connectivity index (χ1v) is 10.4. The number of sulfonamides is 1. The Balaban J connectivity index is 1.93. The van der Waals surface area contributed by atoms with Gasteiger partial charge in [0, 0.05) is 5.56 Å². The number of carbonyl (C=O) groups excluding carboxylic acids is 2. The third-order valence-corrected chi connectivity index (χ3v) is 5.71. The number of hydrogen-bond acceptors (Lipinski definition) is 5. The highest BCUT2D eigenvalue weighted by Gasteiger charge is 2.23. The van der Waals surface area contributed by atoms with E-state index >= 15 is 0 Å². The third-order valence-electron chi connectivity index (χ3n) is 4.16. The minimum atomic E-state index is -3.85. The smallest absolute Gasteiger partial charge is 0.324 e. The molecule has 0 radical (unpaired) electrons. The van der Waals surface area contributed by atoms with Gasteiger partial charge in [0.25, 0.3) is 0 Å². The normalized spacial score (nSPS) is 13.0. The highest BCUT2D eigenvalue weighted by molar-refractivity contribution is 7.89. The van der Waals surface area contributed by atoms with Gasteiger partial charge in [-0.1, -0.05) is 63.2 Å². The van der Waals surface area contributed by atoms with E-state index in [1.54, 1.807) is 30.3 Å². The summed E-state index contributed by atoms with van der Waals surface area (Å²) in [6.07, 6.45) is 0. The number of rotatable bonds is 7. The van der Waals surface area contributed by atoms with Crippen molar-refractivity contribution in [1.82, 2.24) is 4.72 Å². The largest absolute Gasteiger partial charge is 0.456 e. The number of ketones is 1. The third kappa shape index (κ3) is 5.74. The molecular weight excluding hydrogens is 378 g/mol. The summed E-state index contributed by atoms with van der Waals surface area (Å²) < 4.78 is 31.7. The fraction of sp³-hybridized carbons (Fsp3) is 0.333. The Labute approximate surface area is 166 Å². The van der Waals surface area contributed by atoms with Gasteiger partial charge >= 0.3 is 5.97 Å². The van der Waals surface area contributed by atoms with E-state index in [-0.39, 0.29) is 16.1 Å². The van der Waals surface area contributed by atoms with Gasteiger partial charge in [0.2, 0.25) is 10.0 Å². The zero-order valence-corrected chi connectivity index (χ0v) is 17.2. The van der Waals surface area contributed by atoms with Gasteiger partial charge in [-0.15, -0.1) is 0 Å². The predicted molar refractivity (Wildman–Crippen MR) is 107 cm³/mol. The second kappa shape index (κ2) is 8.67. The van der Waals surface area contributed by atoms with E-state index in [9.17, 15) is 18.0 Å². The first-order valence-electron chi connectivity index (χ1n) is 8.88. The average Bonchev–Trinajstić information content (AvgIpc) is 2.65. The van der Waals surface area contributed by atoms with Crippen LogP contribution in [0, 0.1) is 0 Å². The van der Waals surface area contributed by atoms with E-state index in [0.29, 0.717) is 5.56 Å². The summed E-state index contributed by atoms with van der Waals surface area (Å²) in [7, 11) is -3.85. The van der Waals surface area contributed by atoms with E-state index in [1.807, 2.05) is 12.1 Å². The average molecular weight is 404 g/mol. The lowest BCUT2D eigenvalue weighted by Crippen LogP contribution is -2.40. The number of hydrogen-bond donors (Lipinski definition) is 1.